The topological polar surface area (TPSA) is 178 Å². The van der Waals surface area contributed by atoms with Gasteiger partial charge in [0, 0.05) is 23.1 Å². The average molecular weight is 467 g/mol. The second kappa shape index (κ2) is 9.62. The number of nitro benzene ring substituents is 2. The minimum absolute atomic E-state index is 0.0373. The van der Waals surface area contributed by atoms with Crippen molar-refractivity contribution in [2.75, 3.05) is 12.4 Å². The van der Waals surface area contributed by atoms with Gasteiger partial charge in [-0.2, -0.15) is 5.26 Å². The number of nitro groups is 2. The standard InChI is InChI=1S/C20H13N5O7S/c1-32-13-6-7-15(17(8-13)25(30)31)22-19(27)18(26)14(9-21)20-23-16(10-33-20)11-2-4-12(5-3-11)24(28)29/h2-8,10,14H,1H3,(H,22,27)/t14-/m1/s1. The molecule has 1 atom stereocenters. The van der Waals surface area contributed by atoms with Gasteiger partial charge in [0.25, 0.3) is 17.3 Å². The van der Waals surface area contributed by atoms with Gasteiger partial charge in [0.05, 0.1) is 34.8 Å². The lowest BCUT2D eigenvalue weighted by Gasteiger charge is -2.08. The van der Waals surface area contributed by atoms with E-state index in [9.17, 15) is 35.1 Å². The predicted octanol–water partition coefficient (Wildman–Crippen LogP) is 3.45. The van der Waals surface area contributed by atoms with Gasteiger partial charge in [0.2, 0.25) is 5.78 Å². The highest BCUT2D eigenvalue weighted by molar-refractivity contribution is 7.10. The molecule has 3 aromatic rings. The van der Waals surface area contributed by atoms with E-state index in [2.05, 4.69) is 10.3 Å². The first kappa shape index (κ1) is 23.0. The Balaban J connectivity index is 1.81. The minimum Gasteiger partial charge on any atom is -0.496 e. The van der Waals surface area contributed by atoms with E-state index in [4.69, 9.17) is 4.74 Å². The van der Waals surface area contributed by atoms with Crippen molar-refractivity contribution < 1.29 is 24.2 Å². The number of methoxy groups -OCH3 is 1. The van der Waals surface area contributed by atoms with E-state index in [0.717, 1.165) is 17.4 Å². The van der Waals surface area contributed by atoms with Gasteiger partial charge < -0.3 is 10.1 Å². The number of nitriles is 1. The van der Waals surface area contributed by atoms with E-state index < -0.39 is 33.1 Å². The molecule has 1 N–H and O–H groups in total. The van der Waals surface area contributed by atoms with Gasteiger partial charge in [-0.05, 0) is 24.3 Å². The van der Waals surface area contributed by atoms with Crippen LogP contribution >= 0.6 is 11.3 Å². The highest BCUT2D eigenvalue weighted by Crippen LogP contribution is 2.31. The Bertz CT molecular complexity index is 1300. The van der Waals surface area contributed by atoms with Crippen molar-refractivity contribution in [3.8, 4) is 23.1 Å². The molecule has 0 unspecified atom stereocenters. The Morgan fingerprint density at radius 2 is 1.85 bits per heavy atom. The van der Waals surface area contributed by atoms with Crippen LogP contribution in [0.2, 0.25) is 0 Å². The molecule has 1 amide bonds. The highest BCUT2D eigenvalue weighted by atomic mass is 32.1. The van der Waals surface area contributed by atoms with Crippen molar-refractivity contribution >= 4 is 40.1 Å². The summed E-state index contributed by atoms with van der Waals surface area (Å²) in [6, 6.07) is 10.9. The van der Waals surface area contributed by atoms with Crippen LogP contribution in [0.3, 0.4) is 0 Å². The zero-order valence-electron chi connectivity index (χ0n) is 16.8. The lowest BCUT2D eigenvalue weighted by molar-refractivity contribution is -0.384. The van der Waals surface area contributed by atoms with E-state index in [0.29, 0.717) is 11.3 Å². The third-order valence-electron chi connectivity index (χ3n) is 4.41. The molecule has 13 heteroatoms. The Labute approximate surface area is 189 Å². The zero-order chi connectivity index (χ0) is 24.1. The van der Waals surface area contributed by atoms with Gasteiger partial charge in [-0.1, -0.05) is 0 Å². The van der Waals surface area contributed by atoms with Gasteiger partial charge in [-0.3, -0.25) is 29.8 Å². The fourth-order valence-electron chi connectivity index (χ4n) is 2.74. The lowest BCUT2D eigenvalue weighted by Crippen LogP contribution is -2.28. The van der Waals surface area contributed by atoms with E-state index in [-0.39, 0.29) is 22.1 Å². The number of aromatic nitrogens is 1. The van der Waals surface area contributed by atoms with Crippen LogP contribution in [0.1, 0.15) is 10.9 Å². The van der Waals surface area contributed by atoms with Crippen molar-refractivity contribution in [3.05, 3.63) is 73.1 Å². The fraction of sp³-hybridized carbons (Fsp3) is 0.100. The van der Waals surface area contributed by atoms with Crippen LogP contribution < -0.4 is 10.1 Å². The number of non-ortho nitro benzene ring substituents is 1. The summed E-state index contributed by atoms with van der Waals surface area (Å²) >= 11 is 0.960. The van der Waals surface area contributed by atoms with E-state index in [1.54, 1.807) is 11.4 Å². The Kier molecular flexibility index (Phi) is 6.70. The number of ketones is 1. The van der Waals surface area contributed by atoms with Crippen LogP contribution in [-0.4, -0.2) is 33.6 Å². The SMILES string of the molecule is COc1ccc(NC(=O)C(=O)[C@@H](C#N)c2nc(-c3ccc([N+](=O)[O-])cc3)cs2)c([N+](=O)[O-])c1. The van der Waals surface area contributed by atoms with E-state index in [1.807, 2.05) is 0 Å². The molecule has 0 bridgehead atoms. The highest BCUT2D eigenvalue weighted by Gasteiger charge is 2.31. The van der Waals surface area contributed by atoms with Gasteiger partial charge in [0.15, 0.2) is 5.92 Å². The predicted molar refractivity (Wildman–Crippen MR) is 116 cm³/mol. The first-order valence-electron chi connectivity index (χ1n) is 9.02. The Morgan fingerprint density at radius 1 is 1.15 bits per heavy atom. The van der Waals surface area contributed by atoms with E-state index >= 15 is 0 Å². The molecule has 0 saturated carbocycles. The molecule has 0 aliphatic heterocycles. The van der Waals surface area contributed by atoms with Crippen LogP contribution in [0, 0.1) is 31.6 Å². The molecule has 3 rings (SSSR count). The van der Waals surface area contributed by atoms with E-state index in [1.165, 1.54) is 43.5 Å². The van der Waals surface area contributed by atoms with Crippen molar-refractivity contribution in [2.45, 2.75) is 5.92 Å². The average Bonchev–Trinajstić information content (AvgIpc) is 3.29. The largest absolute Gasteiger partial charge is 0.496 e. The summed E-state index contributed by atoms with van der Waals surface area (Å²) in [5.74, 6) is -3.73. The zero-order valence-corrected chi connectivity index (χ0v) is 17.6. The van der Waals surface area contributed by atoms with Crippen LogP contribution in [0.5, 0.6) is 5.75 Å². The van der Waals surface area contributed by atoms with Crippen molar-refractivity contribution in [1.29, 1.82) is 5.26 Å². The summed E-state index contributed by atoms with van der Waals surface area (Å²) in [4.78, 5) is 50.0. The Morgan fingerprint density at radius 3 is 2.42 bits per heavy atom. The molecule has 33 heavy (non-hydrogen) atoms. The number of Topliss-reactive ketones (excluding diaryl/α,β-unsaturated/α-hetero) is 1. The maximum Gasteiger partial charge on any atom is 0.296 e. The summed E-state index contributed by atoms with van der Waals surface area (Å²) in [5.41, 5.74) is 0.0542. The molecule has 0 aliphatic rings. The fourth-order valence-corrected chi connectivity index (χ4v) is 3.61. The summed E-state index contributed by atoms with van der Waals surface area (Å²) < 4.78 is 4.92. The van der Waals surface area contributed by atoms with Crippen molar-refractivity contribution in [1.82, 2.24) is 4.98 Å². The molecule has 166 valence electrons. The first-order chi connectivity index (χ1) is 15.7. The second-order valence-electron chi connectivity index (χ2n) is 6.40. The number of nitrogens with one attached hydrogen (secondary N) is 1. The monoisotopic (exact) mass is 467 g/mol. The molecule has 0 fully saturated rings. The molecule has 0 spiro atoms. The third kappa shape index (κ3) is 4.97. The lowest BCUT2D eigenvalue weighted by atomic mass is 10.1. The normalized spacial score (nSPS) is 11.2. The number of anilines is 1. The number of carbonyl (C=O) groups is 2. The molecule has 1 heterocycles. The number of hydrogen-bond acceptors (Lipinski definition) is 10. The molecule has 0 saturated heterocycles. The molecule has 0 radical (unpaired) electrons. The second-order valence-corrected chi connectivity index (χ2v) is 7.29. The third-order valence-corrected chi connectivity index (χ3v) is 5.32. The van der Waals surface area contributed by atoms with Crippen LogP contribution in [-0.2, 0) is 9.59 Å². The number of benzene rings is 2. The van der Waals surface area contributed by atoms with Crippen LogP contribution in [0.4, 0.5) is 17.1 Å². The molecule has 0 aliphatic carbocycles. The molecule has 2 aromatic carbocycles. The van der Waals surface area contributed by atoms with Crippen LogP contribution in [0.25, 0.3) is 11.3 Å². The summed E-state index contributed by atoms with van der Waals surface area (Å²) in [7, 11) is 1.32. The number of hydrogen-bond donors (Lipinski definition) is 1. The quantitative estimate of drug-likeness (QED) is 0.295. The number of amides is 1. The summed E-state index contributed by atoms with van der Waals surface area (Å²) in [6.07, 6.45) is 0. The molecule has 1 aromatic heterocycles. The Hall–Kier alpha value is -4.70. The maximum atomic E-state index is 12.6. The maximum absolute atomic E-state index is 12.6. The van der Waals surface area contributed by atoms with Gasteiger partial charge in [0.1, 0.15) is 16.4 Å². The number of thiazole rings is 1. The number of nitrogens with zero attached hydrogens (tertiary/aromatic N) is 4. The summed E-state index contributed by atoms with van der Waals surface area (Å²) in [6.45, 7) is 0. The van der Waals surface area contributed by atoms with Gasteiger partial charge in [-0.15, -0.1) is 11.3 Å². The van der Waals surface area contributed by atoms with Gasteiger partial charge in [-0.25, -0.2) is 4.98 Å². The number of ether oxygens (including phenoxy) is 1. The van der Waals surface area contributed by atoms with Crippen molar-refractivity contribution in [3.63, 3.8) is 0 Å². The number of rotatable bonds is 8. The minimum atomic E-state index is -1.54. The van der Waals surface area contributed by atoms with Crippen molar-refractivity contribution in [2.24, 2.45) is 0 Å². The molecular formula is C20H13N5O7S. The smallest absolute Gasteiger partial charge is 0.296 e. The first-order valence-corrected chi connectivity index (χ1v) is 9.90. The van der Waals surface area contributed by atoms with Gasteiger partial charge >= 0.3 is 0 Å². The number of carbonyl (C=O) groups excluding carboxylic acids is 2. The molecule has 12 nitrogen and oxygen atoms in total. The molecular weight excluding hydrogens is 454 g/mol. The van der Waals surface area contributed by atoms with Crippen LogP contribution in [0.15, 0.2) is 47.8 Å². The summed E-state index contributed by atoms with van der Waals surface area (Å²) in [5, 5.41) is 35.3.